The van der Waals surface area contributed by atoms with E-state index in [4.69, 9.17) is 0 Å². The Morgan fingerprint density at radius 3 is 2.90 bits per heavy atom. The largest absolute Gasteiger partial charge is 0.316 e. The molecule has 1 aromatic heterocycles. The van der Waals surface area contributed by atoms with Gasteiger partial charge in [-0.25, -0.2) is 0 Å². The quantitative estimate of drug-likeness (QED) is 0.564. The first-order chi connectivity index (χ1) is 4.74. The maximum absolute atomic E-state index is 11.0. The first-order valence-corrected chi connectivity index (χ1v) is 3.20. The molecule has 0 saturated carbocycles. The Hall–Kier alpha value is -1.05. The normalized spacial score (nSPS) is 9.80. The highest BCUT2D eigenvalue weighted by Crippen LogP contribution is 1.89. The third-order valence-corrected chi connectivity index (χ3v) is 1.39. The van der Waals surface area contributed by atoms with E-state index >= 15 is 0 Å². The molecule has 0 aliphatic carbocycles. The molecule has 0 fully saturated rings. The molecule has 1 radical (unpaired) electrons. The fourth-order valence-corrected chi connectivity index (χ4v) is 0.792. The predicted molar refractivity (Wildman–Crippen MR) is 40.8 cm³/mol. The number of pyridine rings is 1. The average molecular weight is 136 g/mol. The topological polar surface area (TPSA) is 22.0 Å². The lowest BCUT2D eigenvalue weighted by molar-refractivity contribution is 0.774. The number of nitrogens with zero attached hydrogens (tertiary/aromatic N) is 1. The molecular formula is C8H10NO. The molecule has 0 unspecified atom stereocenters. The Bertz CT molecular complexity index is 275. The molecule has 0 saturated heterocycles. The molecule has 53 valence electrons. The Morgan fingerprint density at radius 2 is 2.40 bits per heavy atom. The van der Waals surface area contributed by atoms with E-state index in [0.717, 1.165) is 5.56 Å². The highest BCUT2D eigenvalue weighted by molar-refractivity contribution is 5.07. The zero-order chi connectivity index (χ0) is 7.56. The summed E-state index contributed by atoms with van der Waals surface area (Å²) in [6, 6.07) is 3.50. The molecule has 0 aliphatic heterocycles. The molecule has 1 rings (SSSR count). The summed E-state index contributed by atoms with van der Waals surface area (Å²) < 4.78 is 1.56. The smallest absolute Gasteiger partial charge is 0.250 e. The molecule has 2 nitrogen and oxygen atoms in total. The summed E-state index contributed by atoms with van der Waals surface area (Å²) in [4.78, 5) is 11.0. The van der Waals surface area contributed by atoms with E-state index in [9.17, 15) is 4.79 Å². The van der Waals surface area contributed by atoms with Crippen LogP contribution in [0.25, 0.3) is 0 Å². The third kappa shape index (κ3) is 1.26. The first kappa shape index (κ1) is 7.06. The molecular weight excluding hydrogens is 126 g/mol. The van der Waals surface area contributed by atoms with Crippen LogP contribution in [0.3, 0.4) is 0 Å². The summed E-state index contributed by atoms with van der Waals surface area (Å²) in [5.74, 6) is 0. The van der Waals surface area contributed by atoms with Crippen molar-refractivity contribution >= 4 is 0 Å². The fraction of sp³-hybridized carbons (Fsp3) is 0.250. The Balaban J connectivity index is 3.20. The van der Waals surface area contributed by atoms with Crippen molar-refractivity contribution < 1.29 is 0 Å². The Labute approximate surface area is 60.1 Å². The second kappa shape index (κ2) is 2.69. The van der Waals surface area contributed by atoms with E-state index in [0.29, 0.717) is 6.54 Å². The van der Waals surface area contributed by atoms with Gasteiger partial charge in [-0.2, -0.15) is 0 Å². The summed E-state index contributed by atoms with van der Waals surface area (Å²) in [6.45, 7) is 6.01. The number of hydrogen-bond donors (Lipinski definition) is 0. The fourth-order valence-electron chi connectivity index (χ4n) is 0.792. The van der Waals surface area contributed by atoms with Crippen molar-refractivity contribution in [2.45, 2.75) is 13.5 Å². The van der Waals surface area contributed by atoms with E-state index in [2.05, 4.69) is 6.92 Å². The maximum Gasteiger partial charge on any atom is 0.250 e. The zero-order valence-electron chi connectivity index (χ0n) is 6.00. The maximum atomic E-state index is 11.0. The zero-order valence-corrected chi connectivity index (χ0v) is 6.00. The van der Waals surface area contributed by atoms with Gasteiger partial charge in [0.1, 0.15) is 0 Å². The minimum absolute atomic E-state index is 0.0231. The van der Waals surface area contributed by atoms with Crippen LogP contribution in [-0.2, 0) is 6.54 Å². The highest BCUT2D eigenvalue weighted by atomic mass is 16.1. The van der Waals surface area contributed by atoms with Gasteiger partial charge in [-0.1, -0.05) is 0 Å². The van der Waals surface area contributed by atoms with Crippen LogP contribution < -0.4 is 5.56 Å². The molecule has 0 aromatic carbocycles. The first-order valence-electron chi connectivity index (χ1n) is 3.20. The lowest BCUT2D eigenvalue weighted by Crippen LogP contribution is -2.17. The molecule has 1 heterocycles. The van der Waals surface area contributed by atoms with Gasteiger partial charge in [-0.3, -0.25) is 4.79 Å². The van der Waals surface area contributed by atoms with Gasteiger partial charge in [0.05, 0.1) is 0 Å². The number of rotatable bonds is 1. The minimum Gasteiger partial charge on any atom is -0.316 e. The van der Waals surface area contributed by atoms with Gasteiger partial charge < -0.3 is 4.57 Å². The van der Waals surface area contributed by atoms with E-state index in [1.807, 2.05) is 13.0 Å². The Morgan fingerprint density at radius 1 is 1.70 bits per heavy atom. The van der Waals surface area contributed by atoms with Crippen LogP contribution in [0.5, 0.6) is 0 Å². The van der Waals surface area contributed by atoms with Crippen LogP contribution in [-0.4, -0.2) is 4.57 Å². The lowest BCUT2D eigenvalue weighted by atomic mass is 10.3. The number of hydrogen-bond acceptors (Lipinski definition) is 1. The van der Waals surface area contributed by atoms with Gasteiger partial charge in [0.15, 0.2) is 0 Å². The van der Waals surface area contributed by atoms with Gasteiger partial charge >= 0.3 is 0 Å². The summed E-state index contributed by atoms with van der Waals surface area (Å²) in [7, 11) is 0. The van der Waals surface area contributed by atoms with Crippen molar-refractivity contribution in [1.29, 1.82) is 0 Å². The number of aryl methyl sites for hydroxylation is 1. The van der Waals surface area contributed by atoms with Gasteiger partial charge in [-0.15, -0.1) is 0 Å². The average Bonchev–Trinajstić information content (AvgIpc) is 1.88. The van der Waals surface area contributed by atoms with Gasteiger partial charge in [0.25, 0.3) is 5.56 Å². The molecule has 10 heavy (non-hydrogen) atoms. The van der Waals surface area contributed by atoms with Crippen LogP contribution in [0.2, 0.25) is 0 Å². The summed E-state index contributed by atoms with van der Waals surface area (Å²) >= 11 is 0. The molecule has 0 atom stereocenters. The molecule has 0 bridgehead atoms. The molecule has 0 spiro atoms. The van der Waals surface area contributed by atoms with Crippen LogP contribution >= 0.6 is 0 Å². The van der Waals surface area contributed by atoms with E-state index < -0.39 is 0 Å². The Kier molecular flexibility index (Phi) is 1.90. The molecule has 0 N–H and O–H groups in total. The molecule has 0 aliphatic rings. The third-order valence-electron chi connectivity index (χ3n) is 1.39. The van der Waals surface area contributed by atoms with Gasteiger partial charge in [0, 0.05) is 18.8 Å². The molecule has 1 aromatic rings. The van der Waals surface area contributed by atoms with Crippen LogP contribution in [0.15, 0.2) is 23.1 Å². The van der Waals surface area contributed by atoms with E-state index in [1.54, 1.807) is 16.8 Å². The highest BCUT2D eigenvalue weighted by Gasteiger charge is 1.90. The standard InChI is InChI=1S/C8H10NO/c1-3-9-5-4-7(2)6-8(9)10/h4-6H,1,3H2,2H3. The number of aromatic nitrogens is 1. The van der Waals surface area contributed by atoms with E-state index in [1.165, 1.54) is 0 Å². The van der Waals surface area contributed by atoms with Crippen molar-refractivity contribution in [2.75, 3.05) is 0 Å². The SMILES string of the molecule is [CH2]Cn1ccc(C)cc1=O. The van der Waals surface area contributed by atoms with Crippen molar-refractivity contribution in [1.82, 2.24) is 4.57 Å². The molecule has 2 heteroatoms. The lowest BCUT2D eigenvalue weighted by Gasteiger charge is -1.99. The molecule has 0 amide bonds. The van der Waals surface area contributed by atoms with Crippen LogP contribution in [0.1, 0.15) is 5.56 Å². The van der Waals surface area contributed by atoms with Crippen molar-refractivity contribution in [3.05, 3.63) is 41.2 Å². The van der Waals surface area contributed by atoms with Crippen molar-refractivity contribution in [2.24, 2.45) is 0 Å². The minimum atomic E-state index is 0.0231. The monoisotopic (exact) mass is 136 g/mol. The summed E-state index contributed by atoms with van der Waals surface area (Å²) in [6.07, 6.45) is 1.75. The second-order valence-corrected chi connectivity index (χ2v) is 2.24. The van der Waals surface area contributed by atoms with Gasteiger partial charge in [-0.05, 0) is 25.5 Å². The second-order valence-electron chi connectivity index (χ2n) is 2.24. The van der Waals surface area contributed by atoms with Gasteiger partial charge in [0.2, 0.25) is 0 Å². The van der Waals surface area contributed by atoms with Crippen molar-refractivity contribution in [3.8, 4) is 0 Å². The van der Waals surface area contributed by atoms with Crippen LogP contribution in [0.4, 0.5) is 0 Å². The predicted octanol–water partition coefficient (Wildman–Crippen LogP) is 0.991. The summed E-state index contributed by atoms with van der Waals surface area (Å²) in [5.41, 5.74) is 1.02. The van der Waals surface area contributed by atoms with Crippen molar-refractivity contribution in [3.63, 3.8) is 0 Å². The summed E-state index contributed by atoms with van der Waals surface area (Å²) in [5, 5.41) is 0. The van der Waals surface area contributed by atoms with E-state index in [-0.39, 0.29) is 5.56 Å². The van der Waals surface area contributed by atoms with Crippen LogP contribution in [0, 0.1) is 13.8 Å².